The molecule has 0 fully saturated rings. The van der Waals surface area contributed by atoms with Crippen LogP contribution in [0.5, 0.6) is 0 Å². The SMILES string of the molecule is CC1Nc2ncccc2Cc2ccccc21. The molecule has 0 saturated heterocycles. The molecule has 2 aromatic rings. The van der Waals surface area contributed by atoms with E-state index in [0.29, 0.717) is 6.04 Å². The predicted octanol–water partition coefficient (Wildman–Crippen LogP) is 3.16. The van der Waals surface area contributed by atoms with Crippen molar-refractivity contribution in [2.75, 3.05) is 5.32 Å². The number of benzene rings is 1. The van der Waals surface area contributed by atoms with Crippen LogP contribution < -0.4 is 5.32 Å². The molecule has 16 heavy (non-hydrogen) atoms. The molecular weight excluding hydrogens is 196 g/mol. The monoisotopic (exact) mass is 210 g/mol. The summed E-state index contributed by atoms with van der Waals surface area (Å²) in [6.07, 6.45) is 2.81. The number of nitrogens with zero attached hydrogens (tertiary/aromatic N) is 1. The largest absolute Gasteiger partial charge is 0.363 e. The third kappa shape index (κ3) is 1.47. The lowest BCUT2D eigenvalue weighted by Gasteiger charge is -2.14. The summed E-state index contributed by atoms with van der Waals surface area (Å²) < 4.78 is 0. The lowest BCUT2D eigenvalue weighted by molar-refractivity contribution is 0.873. The van der Waals surface area contributed by atoms with E-state index in [0.717, 1.165) is 12.2 Å². The molecule has 0 amide bonds. The fourth-order valence-corrected chi connectivity index (χ4v) is 2.32. The van der Waals surface area contributed by atoms with E-state index in [4.69, 9.17) is 0 Å². The average molecular weight is 210 g/mol. The van der Waals surface area contributed by atoms with E-state index in [-0.39, 0.29) is 0 Å². The number of pyridine rings is 1. The van der Waals surface area contributed by atoms with Crippen molar-refractivity contribution in [2.45, 2.75) is 19.4 Å². The summed E-state index contributed by atoms with van der Waals surface area (Å²) in [5.41, 5.74) is 4.05. The maximum absolute atomic E-state index is 4.40. The van der Waals surface area contributed by atoms with E-state index in [9.17, 15) is 0 Å². The third-order valence-electron chi connectivity index (χ3n) is 3.15. The van der Waals surface area contributed by atoms with Gasteiger partial charge in [0, 0.05) is 12.6 Å². The summed E-state index contributed by atoms with van der Waals surface area (Å²) in [4.78, 5) is 4.40. The fourth-order valence-electron chi connectivity index (χ4n) is 2.32. The molecule has 1 N–H and O–H groups in total. The molecule has 0 aliphatic carbocycles. The van der Waals surface area contributed by atoms with E-state index in [2.05, 4.69) is 47.6 Å². The Morgan fingerprint density at radius 1 is 1.12 bits per heavy atom. The molecule has 0 saturated carbocycles. The van der Waals surface area contributed by atoms with Gasteiger partial charge >= 0.3 is 0 Å². The van der Waals surface area contributed by atoms with E-state index >= 15 is 0 Å². The van der Waals surface area contributed by atoms with Crippen molar-refractivity contribution < 1.29 is 0 Å². The van der Waals surface area contributed by atoms with Crippen molar-refractivity contribution in [3.63, 3.8) is 0 Å². The Labute approximate surface area is 95.3 Å². The molecule has 3 rings (SSSR count). The highest BCUT2D eigenvalue weighted by atomic mass is 15.0. The highest BCUT2D eigenvalue weighted by Gasteiger charge is 2.17. The minimum atomic E-state index is 0.326. The number of hydrogen-bond donors (Lipinski definition) is 1. The zero-order valence-electron chi connectivity index (χ0n) is 9.27. The normalized spacial score (nSPS) is 17.9. The third-order valence-corrected chi connectivity index (χ3v) is 3.15. The van der Waals surface area contributed by atoms with Crippen molar-refractivity contribution in [3.8, 4) is 0 Å². The Morgan fingerprint density at radius 2 is 1.94 bits per heavy atom. The average Bonchev–Trinajstić information content (AvgIpc) is 2.45. The van der Waals surface area contributed by atoms with E-state index in [1.165, 1.54) is 16.7 Å². The van der Waals surface area contributed by atoms with Crippen LogP contribution in [0.25, 0.3) is 0 Å². The number of nitrogens with one attached hydrogen (secondary N) is 1. The number of anilines is 1. The molecule has 80 valence electrons. The van der Waals surface area contributed by atoms with Gasteiger partial charge in [0.2, 0.25) is 0 Å². The van der Waals surface area contributed by atoms with Crippen LogP contribution in [0, 0.1) is 0 Å². The first-order chi connectivity index (χ1) is 7.84. The summed E-state index contributed by atoms with van der Waals surface area (Å²) in [5, 5.41) is 3.47. The van der Waals surface area contributed by atoms with Crippen molar-refractivity contribution in [1.29, 1.82) is 0 Å². The highest BCUT2D eigenvalue weighted by Crippen LogP contribution is 2.29. The highest BCUT2D eigenvalue weighted by molar-refractivity contribution is 5.52. The van der Waals surface area contributed by atoms with Gasteiger partial charge in [-0.1, -0.05) is 30.3 Å². The van der Waals surface area contributed by atoms with Gasteiger partial charge in [0.1, 0.15) is 5.82 Å². The molecule has 1 aliphatic rings. The Balaban J connectivity index is 2.15. The van der Waals surface area contributed by atoms with E-state index < -0.39 is 0 Å². The van der Waals surface area contributed by atoms with Gasteiger partial charge in [-0.05, 0) is 29.7 Å². The van der Waals surface area contributed by atoms with E-state index in [1.807, 2.05) is 12.3 Å². The molecule has 2 nitrogen and oxygen atoms in total. The molecule has 2 heteroatoms. The zero-order chi connectivity index (χ0) is 11.0. The summed E-state index contributed by atoms with van der Waals surface area (Å²) in [5.74, 6) is 1.02. The van der Waals surface area contributed by atoms with Gasteiger partial charge < -0.3 is 5.32 Å². The second-order valence-corrected chi connectivity index (χ2v) is 4.25. The van der Waals surface area contributed by atoms with Gasteiger partial charge in [0.25, 0.3) is 0 Å². The van der Waals surface area contributed by atoms with Crippen LogP contribution in [0.3, 0.4) is 0 Å². The maximum atomic E-state index is 4.40. The summed E-state index contributed by atoms with van der Waals surface area (Å²) >= 11 is 0. The first kappa shape index (κ1) is 9.40. The van der Waals surface area contributed by atoms with Crippen molar-refractivity contribution in [2.24, 2.45) is 0 Å². The van der Waals surface area contributed by atoms with Crippen LogP contribution in [-0.2, 0) is 6.42 Å². The Kier molecular flexibility index (Phi) is 2.13. The Hall–Kier alpha value is -1.83. The van der Waals surface area contributed by atoms with Crippen LogP contribution in [0.1, 0.15) is 29.7 Å². The number of aromatic nitrogens is 1. The summed E-state index contributed by atoms with van der Waals surface area (Å²) in [6, 6.07) is 13.1. The molecule has 0 bridgehead atoms. The number of hydrogen-bond acceptors (Lipinski definition) is 2. The quantitative estimate of drug-likeness (QED) is 0.722. The topological polar surface area (TPSA) is 24.9 Å². The van der Waals surface area contributed by atoms with Crippen molar-refractivity contribution in [1.82, 2.24) is 4.98 Å². The second kappa shape index (κ2) is 3.63. The van der Waals surface area contributed by atoms with Crippen LogP contribution in [-0.4, -0.2) is 4.98 Å². The molecule has 0 spiro atoms. The van der Waals surface area contributed by atoms with E-state index in [1.54, 1.807) is 0 Å². The summed E-state index contributed by atoms with van der Waals surface area (Å²) in [7, 11) is 0. The Morgan fingerprint density at radius 3 is 2.88 bits per heavy atom. The van der Waals surface area contributed by atoms with Gasteiger partial charge in [0.15, 0.2) is 0 Å². The smallest absolute Gasteiger partial charge is 0.129 e. The van der Waals surface area contributed by atoms with Gasteiger partial charge in [0.05, 0.1) is 6.04 Å². The van der Waals surface area contributed by atoms with Crippen molar-refractivity contribution in [3.05, 3.63) is 59.3 Å². The van der Waals surface area contributed by atoms with Crippen LogP contribution in [0.2, 0.25) is 0 Å². The molecule has 1 unspecified atom stereocenters. The molecule has 1 atom stereocenters. The predicted molar refractivity (Wildman–Crippen MR) is 65.5 cm³/mol. The van der Waals surface area contributed by atoms with Crippen LogP contribution >= 0.6 is 0 Å². The van der Waals surface area contributed by atoms with Gasteiger partial charge in [-0.25, -0.2) is 4.98 Å². The molecule has 1 aliphatic heterocycles. The molecule has 2 heterocycles. The van der Waals surface area contributed by atoms with Gasteiger partial charge in [-0.2, -0.15) is 0 Å². The lowest BCUT2D eigenvalue weighted by atomic mass is 9.98. The van der Waals surface area contributed by atoms with Crippen LogP contribution in [0.4, 0.5) is 5.82 Å². The van der Waals surface area contributed by atoms with Crippen molar-refractivity contribution >= 4 is 5.82 Å². The zero-order valence-corrected chi connectivity index (χ0v) is 9.27. The first-order valence-corrected chi connectivity index (χ1v) is 5.63. The van der Waals surface area contributed by atoms with Gasteiger partial charge in [-0.15, -0.1) is 0 Å². The molecular formula is C14H14N2. The summed E-state index contributed by atoms with van der Waals surface area (Å²) in [6.45, 7) is 2.18. The molecule has 1 aromatic carbocycles. The molecule has 0 radical (unpaired) electrons. The minimum absolute atomic E-state index is 0.326. The minimum Gasteiger partial charge on any atom is -0.363 e. The number of fused-ring (bicyclic) bond motifs is 2. The fraction of sp³-hybridized carbons (Fsp3) is 0.214. The maximum Gasteiger partial charge on any atom is 0.129 e. The van der Waals surface area contributed by atoms with Gasteiger partial charge in [-0.3, -0.25) is 0 Å². The Bertz CT molecular complexity index is 520. The number of rotatable bonds is 0. The second-order valence-electron chi connectivity index (χ2n) is 4.25. The first-order valence-electron chi connectivity index (χ1n) is 5.63. The lowest BCUT2D eigenvalue weighted by Crippen LogP contribution is -2.07. The molecule has 1 aromatic heterocycles. The standard InChI is InChI=1S/C14H14N2/c1-10-13-7-3-2-5-11(13)9-12-6-4-8-15-14(12)16-10/h2-8,10H,9H2,1H3,(H,15,16). The van der Waals surface area contributed by atoms with Crippen LogP contribution in [0.15, 0.2) is 42.6 Å².